The molecule has 0 spiro atoms. The van der Waals surface area contributed by atoms with Gasteiger partial charge in [-0.2, -0.15) is 4.98 Å². The van der Waals surface area contributed by atoms with E-state index in [4.69, 9.17) is 11.5 Å². The number of pyridine rings is 1. The summed E-state index contributed by atoms with van der Waals surface area (Å²) in [6, 6.07) is 7.00. The maximum Gasteiger partial charge on any atom is 0.222 e. The lowest BCUT2D eigenvalue weighted by atomic mass is 10.1. The van der Waals surface area contributed by atoms with E-state index in [1.165, 1.54) is 6.07 Å². The van der Waals surface area contributed by atoms with Gasteiger partial charge in [0, 0.05) is 23.9 Å². The number of imidazole rings is 1. The molecule has 1 aromatic carbocycles. The molecule has 9 heteroatoms. The van der Waals surface area contributed by atoms with Crippen LogP contribution in [0.2, 0.25) is 0 Å². The molecule has 0 radical (unpaired) electrons. The first kappa shape index (κ1) is 16.8. The van der Waals surface area contributed by atoms with Crippen molar-refractivity contribution in [3.63, 3.8) is 0 Å². The van der Waals surface area contributed by atoms with Gasteiger partial charge >= 0.3 is 0 Å². The molecule has 7 nitrogen and oxygen atoms in total. The van der Waals surface area contributed by atoms with E-state index in [1.54, 1.807) is 18.3 Å². The average Bonchev–Trinajstić information content (AvgIpc) is 3.01. The minimum atomic E-state index is -0.977. The lowest BCUT2D eigenvalue weighted by Gasteiger charge is -2.07. The van der Waals surface area contributed by atoms with E-state index in [9.17, 15) is 8.78 Å². The molecule has 0 unspecified atom stereocenters. The van der Waals surface area contributed by atoms with Crippen LogP contribution in [0.3, 0.4) is 0 Å². The molecule has 0 fully saturated rings. The first-order chi connectivity index (χ1) is 13.0. The van der Waals surface area contributed by atoms with Crippen LogP contribution in [-0.2, 0) is 6.54 Å². The van der Waals surface area contributed by atoms with Gasteiger partial charge in [0.15, 0.2) is 17.3 Å². The third-order valence-corrected chi connectivity index (χ3v) is 4.16. The number of rotatable bonds is 3. The molecule has 136 valence electrons. The molecular formula is C18H15F2N7. The number of anilines is 2. The van der Waals surface area contributed by atoms with Crippen molar-refractivity contribution in [1.82, 2.24) is 24.5 Å². The van der Waals surface area contributed by atoms with Gasteiger partial charge in [0.2, 0.25) is 5.95 Å². The molecule has 0 saturated carbocycles. The van der Waals surface area contributed by atoms with E-state index in [1.807, 2.05) is 11.5 Å². The van der Waals surface area contributed by atoms with Crippen molar-refractivity contribution in [2.75, 3.05) is 11.5 Å². The second-order valence-electron chi connectivity index (χ2n) is 5.88. The highest BCUT2D eigenvalue weighted by Crippen LogP contribution is 2.31. The average molecular weight is 367 g/mol. The molecule has 0 aliphatic rings. The summed E-state index contributed by atoms with van der Waals surface area (Å²) in [6.07, 6.45) is 1.58. The van der Waals surface area contributed by atoms with Crippen molar-refractivity contribution in [2.45, 2.75) is 13.5 Å². The number of hydrogen-bond donors (Lipinski definition) is 2. The number of aromatic nitrogens is 5. The lowest BCUT2D eigenvalue weighted by molar-refractivity contribution is 0.509. The first-order valence-corrected chi connectivity index (χ1v) is 8.19. The smallest absolute Gasteiger partial charge is 0.222 e. The van der Waals surface area contributed by atoms with Crippen LogP contribution >= 0.6 is 0 Å². The summed E-state index contributed by atoms with van der Waals surface area (Å²) < 4.78 is 28.9. The Morgan fingerprint density at radius 3 is 2.48 bits per heavy atom. The van der Waals surface area contributed by atoms with E-state index >= 15 is 0 Å². The van der Waals surface area contributed by atoms with Gasteiger partial charge in [-0.15, -0.1) is 0 Å². The van der Waals surface area contributed by atoms with Crippen LogP contribution in [0.25, 0.3) is 33.8 Å². The maximum atomic E-state index is 13.7. The minimum absolute atomic E-state index is 0.0117. The second-order valence-corrected chi connectivity index (χ2v) is 5.88. The molecule has 27 heavy (non-hydrogen) atoms. The Labute approximate surface area is 152 Å². The Morgan fingerprint density at radius 2 is 1.78 bits per heavy atom. The predicted molar refractivity (Wildman–Crippen MR) is 98.4 cm³/mol. The predicted octanol–water partition coefficient (Wildman–Crippen LogP) is 3.02. The van der Waals surface area contributed by atoms with Gasteiger partial charge in [0.05, 0.1) is 0 Å². The highest BCUT2D eigenvalue weighted by molar-refractivity contribution is 5.91. The number of nitrogens with two attached hydrogens (primary N) is 2. The van der Waals surface area contributed by atoms with Crippen LogP contribution in [0.15, 0.2) is 36.5 Å². The highest BCUT2D eigenvalue weighted by Gasteiger charge is 2.19. The Bertz CT molecular complexity index is 1170. The van der Waals surface area contributed by atoms with Crippen molar-refractivity contribution in [3.05, 3.63) is 48.2 Å². The lowest BCUT2D eigenvalue weighted by Crippen LogP contribution is -2.03. The summed E-state index contributed by atoms with van der Waals surface area (Å²) in [7, 11) is 0. The summed E-state index contributed by atoms with van der Waals surface area (Å²) in [6.45, 7) is 2.49. The topological polar surface area (TPSA) is 109 Å². The monoisotopic (exact) mass is 367 g/mol. The molecule has 4 rings (SSSR count). The van der Waals surface area contributed by atoms with E-state index in [0.717, 1.165) is 17.7 Å². The van der Waals surface area contributed by atoms with Gasteiger partial charge < -0.3 is 16.0 Å². The number of aryl methyl sites for hydroxylation is 1. The van der Waals surface area contributed by atoms with Crippen molar-refractivity contribution < 1.29 is 8.78 Å². The van der Waals surface area contributed by atoms with Gasteiger partial charge in [0.25, 0.3) is 0 Å². The fourth-order valence-electron chi connectivity index (χ4n) is 2.97. The summed E-state index contributed by atoms with van der Waals surface area (Å²) in [5, 5.41) is 0. The van der Waals surface area contributed by atoms with Gasteiger partial charge in [-0.3, -0.25) is 0 Å². The number of nitrogen functional groups attached to an aromatic ring is 2. The van der Waals surface area contributed by atoms with Gasteiger partial charge in [-0.25, -0.2) is 23.7 Å². The quantitative estimate of drug-likeness (QED) is 0.576. The van der Waals surface area contributed by atoms with E-state index in [2.05, 4.69) is 19.9 Å². The van der Waals surface area contributed by atoms with Crippen molar-refractivity contribution >= 4 is 22.9 Å². The summed E-state index contributed by atoms with van der Waals surface area (Å²) >= 11 is 0. The molecule has 3 aromatic heterocycles. The third kappa shape index (κ3) is 2.82. The van der Waals surface area contributed by atoms with Crippen molar-refractivity contribution in [3.8, 4) is 22.6 Å². The number of benzene rings is 1. The molecule has 0 saturated heterocycles. The number of halogens is 2. The van der Waals surface area contributed by atoms with Gasteiger partial charge in [-0.05, 0) is 37.3 Å². The first-order valence-electron chi connectivity index (χ1n) is 8.19. The van der Waals surface area contributed by atoms with Crippen LogP contribution in [-0.4, -0.2) is 24.5 Å². The Hall–Kier alpha value is -3.62. The molecule has 0 amide bonds. The van der Waals surface area contributed by atoms with Gasteiger partial charge in [0.1, 0.15) is 22.9 Å². The molecule has 3 heterocycles. The normalized spacial score (nSPS) is 11.2. The maximum absolute atomic E-state index is 13.7. The van der Waals surface area contributed by atoms with E-state index in [-0.39, 0.29) is 5.95 Å². The summed E-state index contributed by atoms with van der Waals surface area (Å²) in [5.41, 5.74) is 14.0. The Kier molecular flexibility index (Phi) is 3.91. The van der Waals surface area contributed by atoms with E-state index in [0.29, 0.717) is 40.6 Å². The van der Waals surface area contributed by atoms with Crippen LogP contribution in [0.4, 0.5) is 20.5 Å². The van der Waals surface area contributed by atoms with E-state index < -0.39 is 11.6 Å². The second kappa shape index (κ2) is 6.27. The Morgan fingerprint density at radius 1 is 0.963 bits per heavy atom. The Balaban J connectivity index is 2.03. The molecule has 0 aliphatic heterocycles. The highest BCUT2D eigenvalue weighted by atomic mass is 19.2. The number of nitrogens with zero attached hydrogens (tertiary/aromatic N) is 5. The van der Waals surface area contributed by atoms with Crippen LogP contribution in [0.1, 0.15) is 6.92 Å². The summed E-state index contributed by atoms with van der Waals surface area (Å²) in [4.78, 5) is 17.1. The fourth-order valence-corrected chi connectivity index (χ4v) is 2.97. The van der Waals surface area contributed by atoms with Gasteiger partial charge in [-0.1, -0.05) is 0 Å². The SMILES string of the molecule is CCn1c(-c2ccnc(N)c2)nc2c(-c3ccc(F)c(F)c3)nc(N)nc21. The number of fused-ring (bicyclic) bond motifs is 1. The van der Waals surface area contributed by atoms with Crippen LogP contribution in [0, 0.1) is 11.6 Å². The van der Waals surface area contributed by atoms with Crippen molar-refractivity contribution in [2.24, 2.45) is 0 Å². The number of hydrogen-bond acceptors (Lipinski definition) is 6. The standard InChI is InChI=1S/C18H15F2N7/c1-2-27-16(10-5-6-23-13(21)8-10)24-15-14(25-18(22)26-17(15)27)9-3-4-11(19)12(20)7-9/h3-8H,2H2,1H3,(H2,21,23)(H2,22,25,26). The molecule has 4 N–H and O–H groups in total. The fraction of sp³-hybridized carbons (Fsp3) is 0.111. The van der Waals surface area contributed by atoms with Crippen molar-refractivity contribution in [1.29, 1.82) is 0 Å². The zero-order chi connectivity index (χ0) is 19.1. The summed E-state index contributed by atoms with van der Waals surface area (Å²) in [5.74, 6) is -0.949. The zero-order valence-electron chi connectivity index (χ0n) is 14.3. The minimum Gasteiger partial charge on any atom is -0.384 e. The molecule has 0 atom stereocenters. The molecule has 0 bridgehead atoms. The molecule has 4 aromatic rings. The molecule has 0 aliphatic carbocycles. The van der Waals surface area contributed by atoms with Crippen LogP contribution < -0.4 is 11.5 Å². The zero-order valence-corrected chi connectivity index (χ0v) is 14.3. The largest absolute Gasteiger partial charge is 0.384 e. The van der Waals surface area contributed by atoms with Crippen LogP contribution in [0.5, 0.6) is 0 Å². The molecular weight excluding hydrogens is 352 g/mol. The third-order valence-electron chi connectivity index (χ3n) is 4.16.